The third-order valence-corrected chi connectivity index (χ3v) is 5.96. The van der Waals surface area contributed by atoms with E-state index in [1.807, 2.05) is 36.4 Å². The van der Waals surface area contributed by atoms with Crippen LogP contribution < -0.4 is 20.7 Å². The van der Waals surface area contributed by atoms with Crippen LogP contribution in [0.3, 0.4) is 0 Å². The summed E-state index contributed by atoms with van der Waals surface area (Å²) in [5, 5.41) is 9.90. The number of rotatable bonds is 6. The van der Waals surface area contributed by atoms with E-state index in [0.29, 0.717) is 23.6 Å². The molecule has 2 aliphatic heterocycles. The van der Waals surface area contributed by atoms with Crippen LogP contribution in [0.4, 0.5) is 0 Å². The number of carbonyl (C=O) groups is 2. The quantitative estimate of drug-likeness (QED) is 0.476. The number of fused-ring (bicyclic) bond motifs is 1. The zero-order valence-electron chi connectivity index (χ0n) is 17.7. The molecule has 0 saturated carbocycles. The summed E-state index contributed by atoms with van der Waals surface area (Å²) in [6.45, 7) is 4.10. The summed E-state index contributed by atoms with van der Waals surface area (Å²) in [6, 6.07) is 14.0. The lowest BCUT2D eigenvalue weighted by Crippen LogP contribution is -2.54. The highest BCUT2D eigenvalue weighted by molar-refractivity contribution is 7.80. The number of ketones is 1. The molecule has 7 heteroatoms. The number of nitrogens with one attached hydrogen (secondary N) is 3. The van der Waals surface area contributed by atoms with E-state index in [4.69, 9.17) is 17.0 Å². The lowest BCUT2D eigenvalue weighted by molar-refractivity contribution is -0.121. The molecule has 3 atom stereocenters. The van der Waals surface area contributed by atoms with Crippen molar-refractivity contribution in [2.24, 2.45) is 0 Å². The van der Waals surface area contributed by atoms with Gasteiger partial charge in [-0.25, -0.2) is 0 Å². The lowest BCUT2D eigenvalue weighted by Gasteiger charge is -2.30. The van der Waals surface area contributed by atoms with Gasteiger partial charge in [0.05, 0.1) is 6.54 Å². The molecule has 31 heavy (non-hydrogen) atoms. The molecule has 1 amide bonds. The maximum atomic E-state index is 12.4. The fraction of sp³-hybridized carbons (Fsp3) is 0.375. The topological polar surface area (TPSA) is 79.5 Å². The van der Waals surface area contributed by atoms with Crippen LogP contribution >= 0.6 is 12.2 Å². The van der Waals surface area contributed by atoms with Gasteiger partial charge in [0, 0.05) is 30.5 Å². The number of ether oxygens (including phenoxy) is 1. The Morgan fingerprint density at radius 1 is 1.19 bits per heavy atom. The standard InChI is InChI=1S/C24H27N3O3S/c1-14-9-18(27-24(31)26-14)12-23(29)25-13-19-11-17-10-16(7-8-22(17)30-19)21-6-4-3-5-20(21)15(2)28/h3-8,10,14,18-19H,9,11-13H2,1-2H3,(H,25,29)(H2,26,27,31)/t14-,18+,19?/m1/s1. The molecule has 0 aliphatic carbocycles. The second-order valence-electron chi connectivity index (χ2n) is 8.33. The fourth-order valence-corrected chi connectivity index (χ4v) is 4.66. The van der Waals surface area contributed by atoms with Gasteiger partial charge in [-0.1, -0.05) is 30.3 Å². The van der Waals surface area contributed by atoms with E-state index < -0.39 is 0 Å². The second-order valence-corrected chi connectivity index (χ2v) is 8.74. The molecule has 162 valence electrons. The predicted octanol–water partition coefficient (Wildman–Crippen LogP) is 2.99. The fourth-order valence-electron chi connectivity index (χ4n) is 4.30. The molecule has 2 aromatic rings. The van der Waals surface area contributed by atoms with Gasteiger partial charge in [0.15, 0.2) is 10.9 Å². The van der Waals surface area contributed by atoms with E-state index in [-0.39, 0.29) is 29.9 Å². The molecule has 2 aliphatic rings. The Bertz CT molecular complexity index is 1020. The molecule has 0 aromatic heterocycles. The average Bonchev–Trinajstić information content (AvgIpc) is 3.13. The number of Topliss-reactive ketones (excluding diaryl/α,β-unsaturated/α-hetero) is 1. The summed E-state index contributed by atoms with van der Waals surface area (Å²) in [6.07, 6.45) is 1.86. The Kier molecular flexibility index (Phi) is 6.23. The maximum Gasteiger partial charge on any atom is 0.222 e. The van der Waals surface area contributed by atoms with Crippen molar-refractivity contribution in [3.63, 3.8) is 0 Å². The maximum absolute atomic E-state index is 12.4. The minimum Gasteiger partial charge on any atom is -0.488 e. The zero-order valence-corrected chi connectivity index (χ0v) is 18.6. The second kappa shape index (κ2) is 9.06. The zero-order chi connectivity index (χ0) is 22.0. The summed E-state index contributed by atoms with van der Waals surface area (Å²) in [4.78, 5) is 24.4. The van der Waals surface area contributed by atoms with Gasteiger partial charge in [-0.3, -0.25) is 9.59 Å². The third kappa shape index (κ3) is 5.05. The monoisotopic (exact) mass is 437 g/mol. The van der Waals surface area contributed by atoms with Crippen molar-refractivity contribution < 1.29 is 14.3 Å². The van der Waals surface area contributed by atoms with Crippen molar-refractivity contribution in [2.45, 2.75) is 51.3 Å². The minimum absolute atomic E-state index is 0.00923. The highest BCUT2D eigenvalue weighted by Crippen LogP contribution is 2.34. The van der Waals surface area contributed by atoms with Crippen molar-refractivity contribution in [1.29, 1.82) is 0 Å². The Labute approximate surface area is 187 Å². The molecule has 6 nitrogen and oxygen atoms in total. The summed E-state index contributed by atoms with van der Waals surface area (Å²) < 4.78 is 6.02. The Morgan fingerprint density at radius 2 is 2.00 bits per heavy atom. The van der Waals surface area contributed by atoms with Gasteiger partial charge >= 0.3 is 0 Å². The smallest absolute Gasteiger partial charge is 0.222 e. The van der Waals surface area contributed by atoms with Crippen LogP contribution in [0.1, 0.15) is 42.6 Å². The lowest BCUT2D eigenvalue weighted by atomic mass is 9.95. The first-order chi connectivity index (χ1) is 14.9. The number of hydrogen-bond acceptors (Lipinski definition) is 4. The van der Waals surface area contributed by atoms with Crippen LogP contribution in [0, 0.1) is 0 Å². The van der Waals surface area contributed by atoms with Crippen molar-refractivity contribution in [2.75, 3.05) is 6.54 Å². The molecule has 2 heterocycles. The van der Waals surface area contributed by atoms with Crippen LogP contribution in [-0.4, -0.2) is 41.5 Å². The number of carbonyl (C=O) groups excluding carboxylic acids is 2. The Hall–Kier alpha value is -2.93. The number of hydrogen-bond donors (Lipinski definition) is 3. The molecular formula is C24H27N3O3S. The molecular weight excluding hydrogens is 410 g/mol. The van der Waals surface area contributed by atoms with Crippen LogP contribution in [0.5, 0.6) is 5.75 Å². The molecule has 2 aromatic carbocycles. The first kappa shape index (κ1) is 21.3. The summed E-state index contributed by atoms with van der Waals surface area (Å²) in [5.74, 6) is 0.874. The van der Waals surface area contributed by atoms with E-state index >= 15 is 0 Å². The first-order valence-electron chi connectivity index (χ1n) is 10.6. The summed E-state index contributed by atoms with van der Waals surface area (Å²) in [5.41, 5.74) is 3.73. The van der Waals surface area contributed by atoms with E-state index in [1.165, 1.54) is 0 Å². The molecule has 0 spiro atoms. The summed E-state index contributed by atoms with van der Waals surface area (Å²) in [7, 11) is 0. The minimum atomic E-state index is -0.0989. The normalized spacial score (nSPS) is 22.0. The van der Waals surface area contributed by atoms with Gasteiger partial charge in [-0.2, -0.15) is 0 Å². The van der Waals surface area contributed by atoms with Gasteiger partial charge in [-0.05, 0) is 61.3 Å². The van der Waals surface area contributed by atoms with E-state index in [1.54, 1.807) is 6.92 Å². The van der Waals surface area contributed by atoms with Gasteiger partial charge in [0.2, 0.25) is 5.91 Å². The van der Waals surface area contributed by atoms with Crippen molar-refractivity contribution >= 4 is 29.0 Å². The number of benzene rings is 2. The van der Waals surface area contributed by atoms with E-state index in [2.05, 4.69) is 28.9 Å². The largest absolute Gasteiger partial charge is 0.488 e. The van der Waals surface area contributed by atoms with Crippen molar-refractivity contribution in [3.05, 3.63) is 53.6 Å². The average molecular weight is 438 g/mol. The molecule has 1 fully saturated rings. The first-order valence-corrected chi connectivity index (χ1v) is 11.0. The SMILES string of the molecule is CC(=O)c1ccccc1-c1ccc2c(c1)CC(CNC(=O)C[C@@H]1C[C@@H](C)NC(=S)N1)O2. The van der Waals surface area contributed by atoms with Crippen molar-refractivity contribution in [1.82, 2.24) is 16.0 Å². The predicted molar refractivity (Wildman–Crippen MR) is 124 cm³/mol. The number of thiocarbonyl (C=S) groups is 1. The van der Waals surface area contributed by atoms with Gasteiger partial charge < -0.3 is 20.7 Å². The van der Waals surface area contributed by atoms with Crippen LogP contribution in [0.25, 0.3) is 11.1 Å². The molecule has 0 radical (unpaired) electrons. The molecule has 4 rings (SSSR count). The van der Waals surface area contributed by atoms with Crippen LogP contribution in [-0.2, 0) is 11.2 Å². The summed E-state index contributed by atoms with van der Waals surface area (Å²) >= 11 is 5.18. The highest BCUT2D eigenvalue weighted by atomic mass is 32.1. The van der Waals surface area contributed by atoms with Gasteiger partial charge in [0.25, 0.3) is 0 Å². The van der Waals surface area contributed by atoms with Crippen LogP contribution in [0.2, 0.25) is 0 Å². The van der Waals surface area contributed by atoms with Crippen molar-refractivity contribution in [3.8, 4) is 16.9 Å². The number of amides is 1. The molecule has 1 unspecified atom stereocenters. The van der Waals surface area contributed by atoms with E-state index in [0.717, 1.165) is 35.3 Å². The molecule has 3 N–H and O–H groups in total. The van der Waals surface area contributed by atoms with E-state index in [9.17, 15) is 9.59 Å². The highest BCUT2D eigenvalue weighted by Gasteiger charge is 2.26. The van der Waals surface area contributed by atoms with Gasteiger partial charge in [0.1, 0.15) is 11.9 Å². The van der Waals surface area contributed by atoms with Crippen LogP contribution in [0.15, 0.2) is 42.5 Å². The Balaban J connectivity index is 1.35. The third-order valence-electron chi connectivity index (χ3n) is 5.73. The Morgan fingerprint density at radius 3 is 2.77 bits per heavy atom. The molecule has 1 saturated heterocycles. The van der Waals surface area contributed by atoms with Gasteiger partial charge in [-0.15, -0.1) is 0 Å². The molecule has 0 bridgehead atoms.